The molecule has 204 valence electrons. The number of benzene rings is 2. The molecule has 0 aliphatic carbocycles. The quantitative estimate of drug-likeness (QED) is 0.243. The van der Waals surface area contributed by atoms with Crippen LogP contribution in [0.25, 0.3) is 0 Å². The minimum atomic E-state index is -0.717. The number of ether oxygens (including phenoxy) is 2. The first kappa shape index (κ1) is 28.0. The summed E-state index contributed by atoms with van der Waals surface area (Å²) >= 11 is 0. The minimum Gasteiger partial charge on any atom is -0.468 e. The molecule has 2 aliphatic heterocycles. The monoisotopic (exact) mass is 530 g/mol. The van der Waals surface area contributed by atoms with Gasteiger partial charge in [0.05, 0.1) is 30.4 Å². The third-order valence-corrected chi connectivity index (χ3v) is 7.29. The van der Waals surface area contributed by atoms with Gasteiger partial charge in [-0.3, -0.25) is 24.3 Å². The second-order valence-corrected chi connectivity index (χ2v) is 10.0. The van der Waals surface area contributed by atoms with Crippen molar-refractivity contribution < 1.29 is 28.7 Å². The molecule has 2 aromatic carbocycles. The average molecular weight is 531 g/mol. The number of allylic oxidation sites excluding steroid dienone is 1. The van der Waals surface area contributed by atoms with Crippen LogP contribution < -0.4 is 0 Å². The Hall–Kier alpha value is -4.07. The molecule has 0 aromatic heterocycles. The van der Waals surface area contributed by atoms with Crippen molar-refractivity contribution >= 4 is 29.5 Å². The zero-order chi connectivity index (χ0) is 28.1. The highest BCUT2D eigenvalue weighted by Gasteiger charge is 2.42. The van der Waals surface area contributed by atoms with E-state index in [4.69, 9.17) is 9.47 Å². The molecule has 2 atom stereocenters. The van der Waals surface area contributed by atoms with Crippen molar-refractivity contribution in [2.24, 2.45) is 10.9 Å². The molecule has 0 saturated heterocycles. The van der Waals surface area contributed by atoms with E-state index in [-0.39, 0.29) is 18.4 Å². The molecule has 4 rings (SSSR count). The molecule has 2 aromatic rings. The van der Waals surface area contributed by atoms with E-state index in [1.54, 1.807) is 38.1 Å². The van der Waals surface area contributed by atoms with Gasteiger partial charge < -0.3 is 9.47 Å². The molecule has 2 aliphatic rings. The molecular weight excluding hydrogens is 496 g/mol. The molecule has 2 heterocycles. The van der Waals surface area contributed by atoms with Crippen LogP contribution in [0, 0.1) is 12.8 Å². The Bertz CT molecular complexity index is 1320. The Labute approximate surface area is 228 Å². The molecule has 2 amide bonds. The van der Waals surface area contributed by atoms with Gasteiger partial charge in [0.1, 0.15) is 5.92 Å². The second kappa shape index (κ2) is 12.2. The van der Waals surface area contributed by atoms with Crippen molar-refractivity contribution in [2.45, 2.75) is 52.4 Å². The summed E-state index contributed by atoms with van der Waals surface area (Å²) in [5, 5.41) is 0. The average Bonchev–Trinajstić information content (AvgIpc) is 3.16. The van der Waals surface area contributed by atoms with Gasteiger partial charge >= 0.3 is 11.9 Å². The molecule has 0 bridgehead atoms. The van der Waals surface area contributed by atoms with Crippen molar-refractivity contribution in [1.29, 1.82) is 0 Å². The summed E-state index contributed by atoms with van der Waals surface area (Å²) in [6.45, 7) is 6.08. The SMILES string of the molecule is COC(=O)C1C(C)=NC(C)=C(C(=O)OCCCCCCN2C(=O)c3ccccc3C2=O)C1c1cccc(C)c1. The van der Waals surface area contributed by atoms with Crippen molar-refractivity contribution in [1.82, 2.24) is 4.90 Å². The van der Waals surface area contributed by atoms with Gasteiger partial charge in [0.15, 0.2) is 0 Å². The number of hydrogen-bond acceptors (Lipinski definition) is 7. The summed E-state index contributed by atoms with van der Waals surface area (Å²) in [4.78, 5) is 56.8. The van der Waals surface area contributed by atoms with Crippen LogP contribution in [0.3, 0.4) is 0 Å². The number of fused-ring (bicyclic) bond motifs is 1. The molecule has 0 radical (unpaired) electrons. The zero-order valence-electron chi connectivity index (χ0n) is 22.9. The van der Waals surface area contributed by atoms with Crippen molar-refractivity contribution in [3.8, 4) is 0 Å². The number of carbonyl (C=O) groups is 4. The van der Waals surface area contributed by atoms with Crippen LogP contribution >= 0.6 is 0 Å². The van der Waals surface area contributed by atoms with Gasteiger partial charge in [-0.15, -0.1) is 0 Å². The molecule has 8 heteroatoms. The number of aryl methyl sites for hydroxylation is 1. The number of esters is 2. The van der Waals surface area contributed by atoms with E-state index >= 15 is 0 Å². The maximum atomic E-state index is 13.3. The predicted octanol–water partition coefficient (Wildman–Crippen LogP) is 5.02. The Balaban J connectivity index is 1.32. The van der Waals surface area contributed by atoms with E-state index in [1.165, 1.54) is 12.0 Å². The lowest BCUT2D eigenvalue weighted by atomic mass is 9.75. The number of nitrogens with zero attached hydrogens (tertiary/aromatic N) is 2. The van der Waals surface area contributed by atoms with Gasteiger partial charge in [0.25, 0.3) is 11.8 Å². The Morgan fingerprint density at radius 2 is 1.56 bits per heavy atom. The first-order valence-electron chi connectivity index (χ1n) is 13.3. The van der Waals surface area contributed by atoms with E-state index < -0.39 is 23.8 Å². The topological polar surface area (TPSA) is 102 Å². The van der Waals surface area contributed by atoms with Gasteiger partial charge in [-0.2, -0.15) is 0 Å². The summed E-state index contributed by atoms with van der Waals surface area (Å²) < 4.78 is 10.7. The highest BCUT2D eigenvalue weighted by atomic mass is 16.5. The molecular formula is C31H34N2O6. The third-order valence-electron chi connectivity index (χ3n) is 7.29. The Kier molecular flexibility index (Phi) is 8.74. The van der Waals surface area contributed by atoms with Crippen LogP contribution in [0.5, 0.6) is 0 Å². The lowest BCUT2D eigenvalue weighted by Crippen LogP contribution is -2.36. The summed E-state index contributed by atoms with van der Waals surface area (Å²) in [7, 11) is 1.33. The lowest BCUT2D eigenvalue weighted by Gasteiger charge is -2.31. The van der Waals surface area contributed by atoms with Gasteiger partial charge in [-0.05, 0) is 57.7 Å². The Morgan fingerprint density at radius 3 is 2.21 bits per heavy atom. The van der Waals surface area contributed by atoms with Gasteiger partial charge in [-0.1, -0.05) is 48.4 Å². The van der Waals surface area contributed by atoms with Crippen molar-refractivity contribution in [3.63, 3.8) is 0 Å². The number of aliphatic imine (C=N–C) groups is 1. The minimum absolute atomic E-state index is 0.217. The van der Waals surface area contributed by atoms with Crippen LogP contribution in [-0.4, -0.2) is 54.6 Å². The van der Waals surface area contributed by atoms with Crippen LogP contribution in [0.15, 0.2) is 64.8 Å². The molecule has 2 unspecified atom stereocenters. The first-order chi connectivity index (χ1) is 18.7. The maximum Gasteiger partial charge on any atom is 0.336 e. The smallest absolute Gasteiger partial charge is 0.336 e. The van der Waals surface area contributed by atoms with E-state index in [0.29, 0.717) is 47.5 Å². The molecule has 0 N–H and O–H groups in total. The van der Waals surface area contributed by atoms with Gasteiger partial charge in [-0.25, -0.2) is 4.79 Å². The molecule has 8 nitrogen and oxygen atoms in total. The number of methoxy groups -OCH3 is 1. The van der Waals surface area contributed by atoms with Crippen molar-refractivity contribution in [3.05, 3.63) is 82.1 Å². The normalized spacial score (nSPS) is 18.7. The molecule has 39 heavy (non-hydrogen) atoms. The highest BCUT2D eigenvalue weighted by molar-refractivity contribution is 6.21. The molecule has 0 saturated carbocycles. The highest BCUT2D eigenvalue weighted by Crippen LogP contribution is 2.40. The summed E-state index contributed by atoms with van der Waals surface area (Å²) in [5.41, 5.74) is 4.26. The number of imide groups is 1. The van der Waals surface area contributed by atoms with E-state index in [2.05, 4.69) is 4.99 Å². The number of unbranched alkanes of at least 4 members (excludes halogenated alkanes) is 3. The van der Waals surface area contributed by atoms with Crippen LogP contribution in [0.2, 0.25) is 0 Å². The van der Waals surface area contributed by atoms with E-state index in [1.807, 2.05) is 31.2 Å². The van der Waals surface area contributed by atoms with Crippen LogP contribution in [0.1, 0.15) is 77.3 Å². The first-order valence-corrected chi connectivity index (χ1v) is 13.3. The van der Waals surface area contributed by atoms with E-state index in [0.717, 1.165) is 24.0 Å². The fourth-order valence-corrected chi connectivity index (χ4v) is 5.37. The summed E-state index contributed by atoms with van der Waals surface area (Å²) in [6.07, 6.45) is 2.87. The number of amides is 2. The summed E-state index contributed by atoms with van der Waals surface area (Å²) in [5.74, 6) is -2.69. The fraction of sp³-hybridized carbons (Fsp3) is 0.387. The number of rotatable bonds is 10. The second-order valence-electron chi connectivity index (χ2n) is 10.0. The summed E-state index contributed by atoms with van der Waals surface area (Å²) in [6, 6.07) is 14.6. The zero-order valence-corrected chi connectivity index (χ0v) is 22.9. The fourth-order valence-electron chi connectivity index (χ4n) is 5.37. The van der Waals surface area contributed by atoms with Crippen molar-refractivity contribution in [2.75, 3.05) is 20.3 Å². The predicted molar refractivity (Wildman–Crippen MR) is 146 cm³/mol. The third kappa shape index (κ3) is 5.85. The number of hydrogen-bond donors (Lipinski definition) is 0. The van der Waals surface area contributed by atoms with Crippen LogP contribution in [-0.2, 0) is 19.1 Å². The largest absolute Gasteiger partial charge is 0.468 e. The standard InChI is InChI=1S/C31H34N2O6/c1-19-12-11-13-22(18-19)27-25(30(36)38-4)20(2)32-21(3)26(27)31(37)39-17-10-6-5-9-16-33-28(34)23-14-7-8-15-24(23)29(33)35/h7-8,11-15,18,25,27H,5-6,9-10,16-17H2,1-4H3. The maximum absolute atomic E-state index is 13.3. The van der Waals surface area contributed by atoms with E-state index in [9.17, 15) is 19.2 Å². The molecule has 0 spiro atoms. The molecule has 0 fully saturated rings. The lowest BCUT2D eigenvalue weighted by molar-refractivity contribution is -0.144. The van der Waals surface area contributed by atoms with Crippen LogP contribution in [0.4, 0.5) is 0 Å². The number of carbonyl (C=O) groups excluding carboxylic acids is 4. The van der Waals surface area contributed by atoms with Gasteiger partial charge in [0, 0.05) is 23.9 Å². The Morgan fingerprint density at radius 1 is 0.897 bits per heavy atom. The van der Waals surface area contributed by atoms with Gasteiger partial charge in [0.2, 0.25) is 0 Å².